The minimum atomic E-state index is -3.63. The first-order valence-corrected chi connectivity index (χ1v) is 12.0. The van der Waals surface area contributed by atoms with E-state index in [9.17, 15) is 8.42 Å². The molecule has 0 radical (unpaired) electrons. The number of ether oxygens (including phenoxy) is 1. The first-order chi connectivity index (χ1) is 15.0. The number of nitrogens with one attached hydrogen (secondary N) is 1. The number of methoxy groups -OCH3 is 1. The molecule has 31 heavy (non-hydrogen) atoms. The molecule has 0 aromatic heterocycles. The summed E-state index contributed by atoms with van der Waals surface area (Å²) in [5.74, 6) is 0.580. The number of piperidine rings is 1. The lowest BCUT2D eigenvalue weighted by atomic mass is 9.74. The van der Waals surface area contributed by atoms with Crippen LogP contribution in [0.15, 0.2) is 77.7 Å². The van der Waals surface area contributed by atoms with Crippen LogP contribution in [0, 0.1) is 6.92 Å². The van der Waals surface area contributed by atoms with Gasteiger partial charge >= 0.3 is 0 Å². The first-order valence-electron chi connectivity index (χ1n) is 10.6. The number of aryl methyl sites for hydroxylation is 1. The summed E-state index contributed by atoms with van der Waals surface area (Å²) in [5.41, 5.74) is 4.85. The Morgan fingerprint density at radius 1 is 0.903 bits per heavy atom. The van der Waals surface area contributed by atoms with Crippen LogP contribution in [0.4, 0.5) is 0 Å². The van der Waals surface area contributed by atoms with E-state index >= 15 is 0 Å². The van der Waals surface area contributed by atoms with Crippen molar-refractivity contribution in [1.29, 1.82) is 0 Å². The van der Waals surface area contributed by atoms with Crippen molar-refractivity contribution in [3.63, 3.8) is 0 Å². The van der Waals surface area contributed by atoms with Crippen molar-refractivity contribution in [2.24, 2.45) is 0 Å². The van der Waals surface area contributed by atoms with Crippen molar-refractivity contribution >= 4 is 10.0 Å². The minimum Gasteiger partial charge on any atom is -0.495 e. The maximum Gasteiger partial charge on any atom is 0.247 e. The fourth-order valence-corrected chi connectivity index (χ4v) is 7.07. The van der Waals surface area contributed by atoms with E-state index in [1.165, 1.54) is 29.4 Å². The average Bonchev–Trinajstić information content (AvgIpc) is 2.80. The van der Waals surface area contributed by atoms with Crippen molar-refractivity contribution < 1.29 is 13.2 Å². The topological polar surface area (TPSA) is 58.6 Å². The summed E-state index contributed by atoms with van der Waals surface area (Å²) >= 11 is 0. The fourth-order valence-electron chi connectivity index (χ4n) is 5.06. The second-order valence-electron chi connectivity index (χ2n) is 8.24. The molecule has 1 unspecified atom stereocenters. The van der Waals surface area contributed by atoms with E-state index in [0.717, 1.165) is 0 Å². The van der Waals surface area contributed by atoms with Crippen molar-refractivity contribution in [1.82, 2.24) is 9.62 Å². The largest absolute Gasteiger partial charge is 0.495 e. The van der Waals surface area contributed by atoms with Gasteiger partial charge in [-0.15, -0.1) is 0 Å². The Hall–Kier alpha value is -2.67. The zero-order valence-corrected chi connectivity index (χ0v) is 18.5. The molecule has 3 aromatic rings. The van der Waals surface area contributed by atoms with Crippen molar-refractivity contribution in [2.45, 2.75) is 29.8 Å². The Balaban J connectivity index is 1.44. The number of sulfonamides is 1. The van der Waals surface area contributed by atoms with Gasteiger partial charge in [0, 0.05) is 31.1 Å². The predicted molar refractivity (Wildman–Crippen MR) is 122 cm³/mol. The molecule has 2 heterocycles. The Kier molecular flexibility index (Phi) is 5.08. The smallest absolute Gasteiger partial charge is 0.247 e. The zero-order valence-electron chi connectivity index (χ0n) is 17.7. The zero-order chi connectivity index (χ0) is 21.6. The second-order valence-corrected chi connectivity index (χ2v) is 10.1. The van der Waals surface area contributed by atoms with E-state index in [4.69, 9.17) is 4.74 Å². The van der Waals surface area contributed by atoms with Gasteiger partial charge < -0.3 is 10.1 Å². The van der Waals surface area contributed by atoms with Gasteiger partial charge in [-0.05, 0) is 41.3 Å². The molecule has 0 spiro atoms. The number of benzene rings is 3. The van der Waals surface area contributed by atoms with Crippen LogP contribution >= 0.6 is 0 Å². The molecule has 0 saturated carbocycles. The number of hydrogen-bond donors (Lipinski definition) is 1. The summed E-state index contributed by atoms with van der Waals surface area (Å²) in [6.07, 6.45) is 0. The van der Waals surface area contributed by atoms with Crippen molar-refractivity contribution in [3.05, 3.63) is 83.9 Å². The molecular formula is C25H26N2O3S. The molecule has 1 N–H and O–H groups in total. The number of hydrogen-bond acceptors (Lipinski definition) is 4. The van der Waals surface area contributed by atoms with Crippen LogP contribution in [0.3, 0.4) is 0 Å². The third-order valence-corrected chi connectivity index (χ3v) is 8.56. The van der Waals surface area contributed by atoms with Crippen molar-refractivity contribution in [2.75, 3.05) is 20.2 Å². The Labute approximate surface area is 183 Å². The predicted octanol–water partition coefficient (Wildman–Crippen LogP) is 3.80. The van der Waals surface area contributed by atoms with E-state index in [-0.39, 0.29) is 22.9 Å². The number of piperazine rings is 1. The van der Waals surface area contributed by atoms with Gasteiger partial charge in [0.1, 0.15) is 10.6 Å². The summed E-state index contributed by atoms with van der Waals surface area (Å²) in [6, 6.07) is 23.6. The highest BCUT2D eigenvalue weighted by Gasteiger charge is 2.57. The monoisotopic (exact) mass is 434 g/mol. The Bertz CT molecular complexity index is 1200. The molecular weight excluding hydrogens is 408 g/mol. The van der Waals surface area contributed by atoms with Gasteiger partial charge in [0.2, 0.25) is 10.0 Å². The highest BCUT2D eigenvalue weighted by molar-refractivity contribution is 7.89. The molecule has 5 nitrogen and oxygen atoms in total. The minimum absolute atomic E-state index is 0.0991. The van der Waals surface area contributed by atoms with Gasteiger partial charge in [0.05, 0.1) is 7.11 Å². The maximum atomic E-state index is 13.5. The third kappa shape index (κ3) is 3.26. The number of rotatable bonds is 5. The van der Waals surface area contributed by atoms with Gasteiger partial charge in [-0.3, -0.25) is 0 Å². The Morgan fingerprint density at radius 2 is 1.55 bits per heavy atom. The SMILES string of the molecule is COc1ccccc1S(=O)(=O)N1[C@@H]2CNC[C@H]1C2c1ccc(-c2ccccc2C)cc1. The van der Waals surface area contributed by atoms with Crippen LogP contribution in [0.5, 0.6) is 5.75 Å². The molecule has 5 rings (SSSR count). The van der Waals surface area contributed by atoms with E-state index < -0.39 is 10.0 Å². The quantitative estimate of drug-likeness (QED) is 0.664. The maximum absolute atomic E-state index is 13.5. The third-order valence-electron chi connectivity index (χ3n) is 6.57. The number of fused-ring (bicyclic) bond motifs is 2. The number of para-hydroxylation sites is 1. The van der Waals surface area contributed by atoms with Gasteiger partial charge in [0.15, 0.2) is 0 Å². The molecule has 6 heteroatoms. The van der Waals surface area contributed by atoms with Gasteiger partial charge in [-0.25, -0.2) is 8.42 Å². The molecule has 2 fully saturated rings. The Morgan fingerprint density at radius 3 is 2.23 bits per heavy atom. The van der Waals surface area contributed by atoms with E-state index in [1.807, 2.05) is 6.07 Å². The van der Waals surface area contributed by atoms with Crippen LogP contribution < -0.4 is 10.1 Å². The van der Waals surface area contributed by atoms with Crippen LogP contribution in [-0.2, 0) is 10.0 Å². The number of nitrogens with zero attached hydrogens (tertiary/aromatic N) is 1. The first kappa shape index (κ1) is 20.2. The van der Waals surface area contributed by atoms with Crippen LogP contribution in [-0.4, -0.2) is 45.0 Å². The molecule has 0 amide bonds. The summed E-state index contributed by atoms with van der Waals surface area (Å²) in [4.78, 5) is 0.239. The average molecular weight is 435 g/mol. The van der Waals surface area contributed by atoms with Crippen LogP contribution in [0.1, 0.15) is 17.0 Å². The van der Waals surface area contributed by atoms with E-state index in [1.54, 1.807) is 28.6 Å². The molecule has 2 aliphatic rings. The summed E-state index contributed by atoms with van der Waals surface area (Å²) in [7, 11) is -2.13. The molecule has 2 bridgehead atoms. The van der Waals surface area contributed by atoms with Gasteiger partial charge in [0.25, 0.3) is 0 Å². The highest BCUT2D eigenvalue weighted by atomic mass is 32.2. The van der Waals surface area contributed by atoms with E-state index in [0.29, 0.717) is 18.8 Å². The van der Waals surface area contributed by atoms with Crippen LogP contribution in [0.25, 0.3) is 11.1 Å². The fraction of sp³-hybridized carbons (Fsp3) is 0.280. The van der Waals surface area contributed by atoms with E-state index in [2.05, 4.69) is 54.7 Å². The highest BCUT2D eigenvalue weighted by Crippen LogP contribution is 2.47. The molecule has 3 atom stereocenters. The van der Waals surface area contributed by atoms with Crippen LogP contribution in [0.2, 0.25) is 0 Å². The lowest BCUT2D eigenvalue weighted by molar-refractivity contribution is 0.0369. The normalized spacial score (nSPS) is 23.2. The lowest BCUT2D eigenvalue weighted by Crippen LogP contribution is -2.73. The standard InChI is InChI=1S/C25H26N2O3S/c1-17-7-3-4-8-20(17)18-11-13-19(14-12-18)25-21-15-26-16-22(25)27(21)31(28,29)24-10-6-5-9-23(24)30-2/h3-14,21-22,25-26H,15-16H2,1-2H3/t21-,22+,25?. The van der Waals surface area contributed by atoms with Crippen molar-refractivity contribution in [3.8, 4) is 16.9 Å². The summed E-state index contributed by atoms with van der Waals surface area (Å²) in [5, 5.41) is 3.37. The molecule has 3 aromatic carbocycles. The second kappa shape index (κ2) is 7.79. The van der Waals surface area contributed by atoms with Gasteiger partial charge in [-0.2, -0.15) is 4.31 Å². The molecule has 2 saturated heterocycles. The molecule has 160 valence electrons. The summed E-state index contributed by atoms with van der Waals surface area (Å²) in [6.45, 7) is 3.41. The molecule has 2 aliphatic heterocycles. The molecule has 0 aliphatic carbocycles. The lowest BCUT2D eigenvalue weighted by Gasteiger charge is -2.57. The summed E-state index contributed by atoms with van der Waals surface area (Å²) < 4.78 is 34.0. The van der Waals surface area contributed by atoms with Gasteiger partial charge in [-0.1, -0.05) is 60.7 Å².